The Labute approximate surface area is 322 Å². The SMILES string of the molecule is COc1c(C)cc2c(c1O)[C@H]1[C@@H]3[C@@H]4SC[C@]5(NCCc6c5oc5ccccc65)C(=O)OC[C@@H](c5c6c(c(C)c(OC(C)=O)c54)OCO6)N3[C@@H](C)[C@H]3C[C@@]2(C)N31. The van der Waals surface area contributed by atoms with E-state index in [9.17, 15) is 14.7 Å². The van der Waals surface area contributed by atoms with E-state index in [0.717, 1.165) is 50.8 Å². The van der Waals surface area contributed by atoms with Crippen LogP contribution in [0.5, 0.6) is 28.7 Å². The monoisotopic (exact) mass is 765 g/mol. The van der Waals surface area contributed by atoms with Crippen LogP contribution in [0.1, 0.15) is 89.2 Å². The third kappa shape index (κ3) is 4.09. The third-order valence-electron chi connectivity index (χ3n) is 13.8. The largest absolute Gasteiger partial charge is 0.504 e. The minimum Gasteiger partial charge on any atom is -0.504 e. The summed E-state index contributed by atoms with van der Waals surface area (Å²) in [5.74, 6) is 2.23. The smallest absolute Gasteiger partial charge is 0.335 e. The highest BCUT2D eigenvalue weighted by atomic mass is 32.2. The van der Waals surface area contributed by atoms with E-state index in [1.54, 1.807) is 18.9 Å². The maximum atomic E-state index is 14.8. The molecule has 1 spiro atoms. The predicted molar refractivity (Wildman–Crippen MR) is 202 cm³/mol. The molecular formula is C42H43N3O9S. The minimum absolute atomic E-state index is 0.00813. The Hall–Kier alpha value is -4.43. The molecular weight excluding hydrogens is 723 g/mol. The summed E-state index contributed by atoms with van der Waals surface area (Å²) in [4.78, 5) is 32.9. The zero-order valence-electron chi connectivity index (χ0n) is 31.6. The minimum atomic E-state index is -1.28. The summed E-state index contributed by atoms with van der Waals surface area (Å²) in [5, 5.41) is 16.4. The van der Waals surface area contributed by atoms with Crippen molar-refractivity contribution >= 4 is 34.7 Å². The van der Waals surface area contributed by atoms with E-state index < -0.39 is 23.5 Å². The number of aryl methyl sites for hydroxylation is 1. The Bertz CT molecular complexity index is 2400. The molecule has 12 rings (SSSR count). The first-order valence-electron chi connectivity index (χ1n) is 19.2. The summed E-state index contributed by atoms with van der Waals surface area (Å²) < 4.78 is 37.6. The van der Waals surface area contributed by atoms with Crippen molar-refractivity contribution in [2.45, 2.75) is 94.0 Å². The van der Waals surface area contributed by atoms with Gasteiger partial charge < -0.3 is 33.2 Å². The number of furan rings is 1. The van der Waals surface area contributed by atoms with Gasteiger partial charge in [-0.05, 0) is 63.8 Å². The molecule has 9 heterocycles. The lowest BCUT2D eigenvalue weighted by molar-refractivity contribution is -0.195. The summed E-state index contributed by atoms with van der Waals surface area (Å²) in [6.07, 6.45) is 1.61. The Morgan fingerprint density at radius 2 is 1.89 bits per heavy atom. The molecule has 8 aliphatic rings. The predicted octanol–water partition coefficient (Wildman–Crippen LogP) is 5.96. The average Bonchev–Trinajstić information content (AvgIpc) is 3.85. The van der Waals surface area contributed by atoms with Gasteiger partial charge in [0, 0.05) is 76.1 Å². The van der Waals surface area contributed by atoms with Crippen molar-refractivity contribution in [1.29, 1.82) is 0 Å². The Morgan fingerprint density at radius 3 is 2.69 bits per heavy atom. The summed E-state index contributed by atoms with van der Waals surface area (Å²) in [6, 6.07) is 9.26. The molecule has 3 aromatic carbocycles. The number of phenolic OH excluding ortho intramolecular Hbond substituents is 1. The van der Waals surface area contributed by atoms with Crippen molar-refractivity contribution in [3.8, 4) is 28.7 Å². The van der Waals surface area contributed by atoms with Gasteiger partial charge in [-0.2, -0.15) is 0 Å². The summed E-state index contributed by atoms with van der Waals surface area (Å²) in [5.41, 5.74) is 5.37. The van der Waals surface area contributed by atoms with E-state index in [2.05, 4.69) is 35.0 Å². The van der Waals surface area contributed by atoms with E-state index in [1.165, 1.54) is 6.92 Å². The summed E-state index contributed by atoms with van der Waals surface area (Å²) in [6.45, 7) is 10.4. The number of methoxy groups -OCH3 is 1. The number of thioether (sulfide) groups is 1. The molecule has 12 nitrogen and oxygen atoms in total. The first-order valence-corrected chi connectivity index (χ1v) is 20.2. The van der Waals surface area contributed by atoms with Crippen molar-refractivity contribution in [2.75, 3.05) is 32.8 Å². The number of rotatable bonds is 2. The number of fused-ring (bicyclic) bond motifs is 10. The van der Waals surface area contributed by atoms with Crippen molar-refractivity contribution in [1.82, 2.24) is 15.1 Å². The number of carbonyl (C=O) groups is 2. The van der Waals surface area contributed by atoms with Crippen LogP contribution < -0.4 is 24.3 Å². The maximum absolute atomic E-state index is 14.8. The standard InChI is InChI=1S/C42H43N3O9S/c1-18-13-24-28(33(47)34(18)49-6)31-32-38-30-29(37-36(51-17-52-37)19(2)35(30)53-21(4)46)26(44(32)20(3)25-14-41(24,5)45(25)31)15-50-40(48)42(16-55-38)39-23(11-12-43-42)22-9-7-8-10-27(22)54-39/h7-10,13,20,25-26,31-32,38,43,47H,11-12,14-17H2,1-6H3/t20-,25+,26-,31-,32+,38+,41+,42+/m0/s1. The van der Waals surface area contributed by atoms with Crippen molar-refractivity contribution in [3.05, 3.63) is 75.0 Å². The summed E-state index contributed by atoms with van der Waals surface area (Å²) in [7, 11) is 1.60. The second-order valence-corrected chi connectivity index (χ2v) is 17.5. The normalized spacial score (nSPS) is 32.6. The number of ether oxygens (including phenoxy) is 5. The molecule has 2 bridgehead atoms. The highest BCUT2D eigenvalue weighted by Gasteiger charge is 2.70. The number of benzene rings is 3. The first kappa shape index (κ1) is 33.9. The zero-order valence-corrected chi connectivity index (χ0v) is 32.4. The number of esters is 2. The van der Waals surface area contributed by atoms with E-state index >= 15 is 0 Å². The van der Waals surface area contributed by atoms with Gasteiger partial charge in [0.2, 0.25) is 6.79 Å². The molecule has 8 aliphatic heterocycles. The number of nitrogens with one attached hydrogen (secondary N) is 1. The van der Waals surface area contributed by atoms with Gasteiger partial charge >= 0.3 is 11.9 Å². The maximum Gasteiger partial charge on any atom is 0.335 e. The third-order valence-corrected chi connectivity index (χ3v) is 15.3. The molecule has 55 heavy (non-hydrogen) atoms. The molecule has 1 aromatic heterocycles. The van der Waals surface area contributed by atoms with Crippen LogP contribution >= 0.6 is 11.8 Å². The Kier molecular flexibility index (Phi) is 6.98. The van der Waals surface area contributed by atoms with Crippen LogP contribution in [0.2, 0.25) is 0 Å². The van der Waals surface area contributed by atoms with E-state index in [1.807, 2.05) is 38.1 Å². The van der Waals surface area contributed by atoms with Gasteiger partial charge in [-0.25, -0.2) is 4.79 Å². The fourth-order valence-electron chi connectivity index (χ4n) is 11.6. The van der Waals surface area contributed by atoms with Gasteiger partial charge in [0.25, 0.3) is 0 Å². The highest BCUT2D eigenvalue weighted by molar-refractivity contribution is 7.99. The van der Waals surface area contributed by atoms with Gasteiger partial charge in [-0.3, -0.25) is 19.9 Å². The lowest BCUT2D eigenvalue weighted by atomic mass is 9.70. The number of carbonyl (C=O) groups excluding carboxylic acids is 2. The van der Waals surface area contributed by atoms with E-state index in [0.29, 0.717) is 47.3 Å². The molecule has 0 radical (unpaired) electrons. The Balaban J connectivity index is 1.18. The molecule has 13 heteroatoms. The van der Waals surface area contributed by atoms with Crippen LogP contribution in [0.15, 0.2) is 34.7 Å². The second-order valence-electron chi connectivity index (χ2n) is 16.4. The van der Waals surface area contributed by atoms with E-state index in [4.69, 9.17) is 28.1 Å². The van der Waals surface area contributed by atoms with E-state index in [-0.39, 0.29) is 59.9 Å². The van der Waals surface area contributed by atoms with Crippen LogP contribution in [-0.4, -0.2) is 77.8 Å². The highest BCUT2D eigenvalue weighted by Crippen LogP contribution is 2.71. The molecule has 0 amide bonds. The number of piperazine rings is 1. The molecule has 0 saturated carbocycles. The van der Waals surface area contributed by atoms with Gasteiger partial charge in [-0.1, -0.05) is 18.2 Å². The molecule has 286 valence electrons. The molecule has 0 aliphatic carbocycles. The molecule has 3 fully saturated rings. The average molecular weight is 766 g/mol. The molecule has 3 saturated heterocycles. The van der Waals surface area contributed by atoms with Crippen LogP contribution in [0, 0.1) is 13.8 Å². The quantitative estimate of drug-likeness (QED) is 0.184. The van der Waals surface area contributed by atoms with Crippen molar-refractivity contribution < 1.29 is 42.8 Å². The topological polar surface area (TPSA) is 132 Å². The Morgan fingerprint density at radius 1 is 1.09 bits per heavy atom. The summed E-state index contributed by atoms with van der Waals surface area (Å²) >= 11 is 1.63. The zero-order chi connectivity index (χ0) is 37.9. The fraction of sp³-hybridized carbons (Fsp3) is 0.476. The van der Waals surface area contributed by atoms with Crippen LogP contribution in [0.25, 0.3) is 11.0 Å². The van der Waals surface area contributed by atoms with Gasteiger partial charge in [-0.15, -0.1) is 11.8 Å². The first-order chi connectivity index (χ1) is 26.5. The van der Waals surface area contributed by atoms with Gasteiger partial charge in [0.1, 0.15) is 23.7 Å². The number of aromatic hydroxyl groups is 1. The van der Waals surface area contributed by atoms with Crippen molar-refractivity contribution in [3.63, 3.8) is 0 Å². The number of nitrogens with zero attached hydrogens (tertiary/aromatic N) is 2. The number of phenols is 1. The van der Waals surface area contributed by atoms with Crippen LogP contribution in [0.3, 0.4) is 0 Å². The van der Waals surface area contributed by atoms with Crippen molar-refractivity contribution in [2.24, 2.45) is 0 Å². The number of hydrogen-bond donors (Lipinski definition) is 2. The lowest BCUT2D eigenvalue weighted by Crippen LogP contribution is -2.75. The van der Waals surface area contributed by atoms with Crippen LogP contribution in [-0.2, 0) is 31.8 Å². The lowest BCUT2D eigenvalue weighted by Gasteiger charge is -2.68. The van der Waals surface area contributed by atoms with Crippen LogP contribution in [0.4, 0.5) is 0 Å². The second kappa shape index (κ2) is 11.3. The van der Waals surface area contributed by atoms with Gasteiger partial charge in [0.15, 0.2) is 28.5 Å². The fourth-order valence-corrected chi connectivity index (χ4v) is 13.3. The van der Waals surface area contributed by atoms with Gasteiger partial charge in [0.05, 0.1) is 24.4 Å². The molecule has 0 unspecified atom stereocenters. The molecule has 2 N–H and O–H groups in total. The number of para-hydroxylation sites is 1. The molecule has 8 atom stereocenters. The number of hydrogen-bond acceptors (Lipinski definition) is 13. The molecule has 4 aromatic rings.